The van der Waals surface area contributed by atoms with E-state index in [1.165, 1.54) is 11.3 Å². The van der Waals surface area contributed by atoms with Crippen molar-refractivity contribution in [2.24, 2.45) is 0 Å². The number of anilines is 1. The van der Waals surface area contributed by atoms with Crippen molar-refractivity contribution in [1.82, 2.24) is 14.1 Å². The van der Waals surface area contributed by atoms with Gasteiger partial charge in [-0.3, -0.25) is 4.68 Å². The van der Waals surface area contributed by atoms with E-state index in [-0.39, 0.29) is 4.90 Å². The molecule has 5 rings (SSSR count). The number of thiophene rings is 1. The molecule has 1 fully saturated rings. The third-order valence-electron chi connectivity index (χ3n) is 5.70. The highest BCUT2D eigenvalue weighted by atomic mass is 35.5. The topological polar surface area (TPSA) is 58.4 Å². The minimum Gasteiger partial charge on any atom is -0.369 e. The molecule has 0 N–H and O–H groups in total. The number of hydrogen-bond acceptors (Lipinski definition) is 5. The normalized spacial score (nSPS) is 15.1. The van der Waals surface area contributed by atoms with Gasteiger partial charge in [0.2, 0.25) is 10.0 Å². The van der Waals surface area contributed by atoms with E-state index >= 15 is 0 Å². The maximum absolute atomic E-state index is 13.7. The molecule has 0 atom stereocenters. The molecule has 0 unspecified atom stereocenters. The molecule has 1 aliphatic rings. The van der Waals surface area contributed by atoms with Gasteiger partial charge in [-0.2, -0.15) is 9.40 Å². The second kappa shape index (κ2) is 9.30. The van der Waals surface area contributed by atoms with Crippen LogP contribution in [0.5, 0.6) is 0 Å². The lowest BCUT2D eigenvalue weighted by molar-refractivity contribution is 0.385. The molecule has 9 heteroatoms. The Bertz CT molecular complexity index is 1330. The highest BCUT2D eigenvalue weighted by Gasteiger charge is 2.33. The molecule has 0 saturated carbocycles. The average molecular weight is 499 g/mol. The summed E-state index contributed by atoms with van der Waals surface area (Å²) in [5, 5.41) is 7.29. The summed E-state index contributed by atoms with van der Waals surface area (Å²) >= 11 is 7.62. The number of sulfonamides is 1. The number of hydrogen-bond donors (Lipinski definition) is 0. The van der Waals surface area contributed by atoms with Crippen molar-refractivity contribution in [2.45, 2.75) is 11.4 Å². The monoisotopic (exact) mass is 498 g/mol. The Kier molecular flexibility index (Phi) is 6.25. The highest BCUT2D eigenvalue weighted by molar-refractivity contribution is 7.89. The number of halogens is 1. The van der Waals surface area contributed by atoms with Gasteiger partial charge >= 0.3 is 0 Å². The van der Waals surface area contributed by atoms with E-state index in [9.17, 15) is 8.42 Å². The van der Waals surface area contributed by atoms with Gasteiger partial charge in [0, 0.05) is 43.1 Å². The summed E-state index contributed by atoms with van der Waals surface area (Å²) in [5.41, 5.74) is 2.59. The number of rotatable bonds is 6. The Hall–Kier alpha value is -2.65. The zero-order chi connectivity index (χ0) is 22.8. The van der Waals surface area contributed by atoms with Crippen molar-refractivity contribution in [1.29, 1.82) is 0 Å². The molecule has 0 bridgehead atoms. The van der Waals surface area contributed by atoms with Crippen LogP contribution in [0.1, 0.15) is 5.56 Å². The van der Waals surface area contributed by atoms with Crippen molar-refractivity contribution in [3.63, 3.8) is 0 Å². The molecular weight excluding hydrogens is 476 g/mol. The fourth-order valence-electron chi connectivity index (χ4n) is 4.03. The number of benzene rings is 2. The first-order valence-electron chi connectivity index (χ1n) is 10.7. The molecule has 3 heterocycles. The molecule has 0 amide bonds. The van der Waals surface area contributed by atoms with Gasteiger partial charge in [0.15, 0.2) is 0 Å². The molecule has 6 nitrogen and oxygen atoms in total. The summed E-state index contributed by atoms with van der Waals surface area (Å²) in [6.45, 7) is 2.53. The van der Waals surface area contributed by atoms with Crippen molar-refractivity contribution >= 4 is 38.6 Å². The summed E-state index contributed by atoms with van der Waals surface area (Å²) in [6.07, 6.45) is 1.67. The number of nitrogens with zero attached hydrogens (tertiary/aromatic N) is 4. The molecule has 33 heavy (non-hydrogen) atoms. The highest BCUT2D eigenvalue weighted by Crippen LogP contribution is 2.32. The van der Waals surface area contributed by atoms with Crippen LogP contribution in [0.15, 0.2) is 83.2 Å². The largest absolute Gasteiger partial charge is 0.369 e. The zero-order valence-corrected chi connectivity index (χ0v) is 20.2. The predicted molar refractivity (Wildman–Crippen MR) is 134 cm³/mol. The van der Waals surface area contributed by atoms with Gasteiger partial charge in [-0.1, -0.05) is 54.1 Å². The van der Waals surface area contributed by atoms with Gasteiger partial charge < -0.3 is 4.90 Å². The molecule has 0 aliphatic carbocycles. The molecule has 4 aromatic rings. The fraction of sp³-hybridized carbons (Fsp3) is 0.208. The second-order valence-electron chi connectivity index (χ2n) is 7.87. The molecule has 170 valence electrons. The van der Waals surface area contributed by atoms with E-state index in [0.717, 1.165) is 16.1 Å². The van der Waals surface area contributed by atoms with E-state index in [1.54, 1.807) is 15.2 Å². The summed E-state index contributed by atoms with van der Waals surface area (Å²) in [5.74, 6) is 0. The third kappa shape index (κ3) is 4.70. The maximum atomic E-state index is 13.7. The van der Waals surface area contributed by atoms with Crippen molar-refractivity contribution < 1.29 is 8.42 Å². The average Bonchev–Trinajstić information content (AvgIpc) is 3.50. The first kappa shape index (κ1) is 22.2. The van der Waals surface area contributed by atoms with Crippen LogP contribution in [0.3, 0.4) is 0 Å². The first-order valence-corrected chi connectivity index (χ1v) is 13.4. The SMILES string of the molecule is O=S(=O)(c1cn(Cc2ccccc2)nc1-c1cccs1)N1CCN(c2cccc(Cl)c2)CC1. The second-order valence-corrected chi connectivity index (χ2v) is 11.2. The van der Waals surface area contributed by atoms with E-state index in [2.05, 4.69) is 10.00 Å². The third-order valence-corrected chi connectivity index (χ3v) is 8.71. The van der Waals surface area contributed by atoms with E-state index in [1.807, 2.05) is 72.1 Å². The molecule has 0 spiro atoms. The molecule has 1 saturated heterocycles. The lowest BCUT2D eigenvalue weighted by Crippen LogP contribution is -2.48. The van der Waals surface area contributed by atoms with Crippen LogP contribution < -0.4 is 4.90 Å². The van der Waals surface area contributed by atoms with Crippen LogP contribution in [0.4, 0.5) is 5.69 Å². The van der Waals surface area contributed by atoms with Gasteiger partial charge in [-0.05, 0) is 35.2 Å². The Balaban J connectivity index is 1.41. The summed E-state index contributed by atoms with van der Waals surface area (Å²) < 4.78 is 30.7. The van der Waals surface area contributed by atoms with Crippen LogP contribution in [0.25, 0.3) is 10.6 Å². The zero-order valence-electron chi connectivity index (χ0n) is 17.8. The lowest BCUT2D eigenvalue weighted by Gasteiger charge is -2.35. The van der Waals surface area contributed by atoms with Crippen LogP contribution >= 0.6 is 22.9 Å². The Morgan fingerprint density at radius 1 is 0.939 bits per heavy atom. The lowest BCUT2D eigenvalue weighted by atomic mass is 10.2. The Morgan fingerprint density at radius 2 is 1.73 bits per heavy atom. The van der Waals surface area contributed by atoms with Crippen molar-refractivity contribution in [2.75, 3.05) is 31.1 Å². The van der Waals surface area contributed by atoms with Crippen LogP contribution in [0.2, 0.25) is 5.02 Å². The molecule has 0 radical (unpaired) electrons. The van der Waals surface area contributed by atoms with Crippen molar-refractivity contribution in [3.05, 3.63) is 88.9 Å². The Morgan fingerprint density at radius 3 is 2.42 bits per heavy atom. The van der Waals surface area contributed by atoms with E-state index in [0.29, 0.717) is 43.4 Å². The van der Waals surface area contributed by atoms with Crippen molar-refractivity contribution in [3.8, 4) is 10.6 Å². The van der Waals surface area contributed by atoms with Crippen LogP contribution in [0, 0.1) is 0 Å². The minimum atomic E-state index is -3.70. The summed E-state index contributed by atoms with van der Waals surface area (Å²) in [7, 11) is -3.70. The van der Waals surface area contributed by atoms with Gasteiger partial charge in [-0.15, -0.1) is 11.3 Å². The van der Waals surface area contributed by atoms with Gasteiger partial charge in [0.25, 0.3) is 0 Å². The van der Waals surface area contributed by atoms with Crippen LogP contribution in [-0.4, -0.2) is 48.7 Å². The van der Waals surface area contributed by atoms with E-state index in [4.69, 9.17) is 11.6 Å². The standard InChI is InChI=1S/C24H23ClN4O2S2/c25-20-8-4-9-21(16-20)27-11-13-29(14-12-27)33(30,31)23-18-28(17-19-6-2-1-3-7-19)26-24(23)22-10-5-15-32-22/h1-10,15-16,18H,11-14,17H2. The van der Waals surface area contributed by atoms with E-state index < -0.39 is 10.0 Å². The molecular formula is C24H23ClN4O2S2. The van der Waals surface area contributed by atoms with Gasteiger partial charge in [0.1, 0.15) is 10.6 Å². The van der Waals surface area contributed by atoms with Gasteiger partial charge in [0.05, 0.1) is 11.4 Å². The number of aromatic nitrogens is 2. The Labute approximate surface area is 202 Å². The first-order chi connectivity index (χ1) is 16.0. The number of piperazine rings is 1. The van der Waals surface area contributed by atoms with Crippen LogP contribution in [-0.2, 0) is 16.6 Å². The summed E-state index contributed by atoms with van der Waals surface area (Å²) in [4.78, 5) is 3.27. The molecule has 2 aromatic carbocycles. The maximum Gasteiger partial charge on any atom is 0.246 e. The smallest absolute Gasteiger partial charge is 0.246 e. The quantitative estimate of drug-likeness (QED) is 0.382. The summed E-state index contributed by atoms with van der Waals surface area (Å²) in [6, 6.07) is 21.4. The fourth-order valence-corrected chi connectivity index (χ4v) is 6.57. The van der Waals surface area contributed by atoms with Gasteiger partial charge in [-0.25, -0.2) is 8.42 Å². The molecule has 2 aromatic heterocycles. The predicted octanol–water partition coefficient (Wildman–Crippen LogP) is 4.82. The molecule has 1 aliphatic heterocycles. The minimum absolute atomic E-state index is 0.261.